The summed E-state index contributed by atoms with van der Waals surface area (Å²) >= 11 is 1.89. The minimum absolute atomic E-state index is 1.17. The third-order valence-corrected chi connectivity index (χ3v) is 8.30. The van der Waals surface area contributed by atoms with Crippen molar-refractivity contribution in [1.29, 1.82) is 0 Å². The molecule has 3 heteroatoms. The third kappa shape index (κ3) is 2.59. The fraction of sp³-hybridized carbons (Fsp3) is 0. The minimum Gasteiger partial charge on any atom is -0.309 e. The van der Waals surface area contributed by atoms with Crippen LogP contribution in [0.5, 0.6) is 0 Å². The highest BCUT2D eigenvalue weighted by Crippen LogP contribution is 2.42. The van der Waals surface area contributed by atoms with Gasteiger partial charge in [0.05, 0.1) is 26.8 Å². The zero-order valence-corrected chi connectivity index (χ0v) is 19.7. The number of hydrogen-bond acceptors (Lipinski definition) is 1. The molecule has 0 saturated carbocycles. The molecule has 5 aromatic carbocycles. The summed E-state index contributed by atoms with van der Waals surface area (Å²) in [5, 5.41) is 5.19. The molecule has 0 radical (unpaired) electrons. The van der Waals surface area contributed by atoms with Crippen molar-refractivity contribution in [3.63, 3.8) is 0 Å². The number of rotatable bonds is 2. The lowest BCUT2D eigenvalue weighted by Crippen LogP contribution is -1.98. The van der Waals surface area contributed by atoms with Gasteiger partial charge in [-0.05, 0) is 42.5 Å². The molecule has 0 unspecified atom stereocenters. The number of aromatic nitrogens is 2. The minimum atomic E-state index is 1.17. The molecule has 164 valence electrons. The van der Waals surface area contributed by atoms with Crippen LogP contribution in [0.2, 0.25) is 0 Å². The van der Waals surface area contributed by atoms with E-state index in [2.05, 4.69) is 130 Å². The van der Waals surface area contributed by atoms with Gasteiger partial charge in [-0.3, -0.25) is 0 Å². The molecule has 0 aliphatic heterocycles. The number of benzene rings is 5. The average Bonchev–Trinajstić information content (AvgIpc) is 3.56. The first-order valence-corrected chi connectivity index (χ1v) is 12.7. The fourth-order valence-corrected chi connectivity index (χ4v) is 6.88. The van der Waals surface area contributed by atoms with Gasteiger partial charge in [-0.15, -0.1) is 11.3 Å². The zero-order chi connectivity index (χ0) is 22.9. The molecular formula is C32H20N2S. The smallest absolute Gasteiger partial charge is 0.0727 e. The second kappa shape index (κ2) is 7.08. The van der Waals surface area contributed by atoms with Crippen LogP contribution < -0.4 is 0 Å². The Bertz CT molecular complexity index is 2010. The van der Waals surface area contributed by atoms with Crippen molar-refractivity contribution < 1.29 is 0 Å². The van der Waals surface area contributed by atoms with Gasteiger partial charge >= 0.3 is 0 Å². The van der Waals surface area contributed by atoms with Crippen LogP contribution in [0.1, 0.15) is 0 Å². The molecule has 0 bridgehead atoms. The van der Waals surface area contributed by atoms with Crippen molar-refractivity contribution in [2.24, 2.45) is 0 Å². The topological polar surface area (TPSA) is 9.86 Å². The monoisotopic (exact) mass is 464 g/mol. The zero-order valence-electron chi connectivity index (χ0n) is 18.8. The SMILES string of the molecule is c1cc(-n2c3ccccc3c3ccccc32)cc(-n2c3ccccc3c3sc4ccccc4c32)c1. The van der Waals surface area contributed by atoms with E-state index < -0.39 is 0 Å². The second-order valence-electron chi connectivity index (χ2n) is 9.02. The van der Waals surface area contributed by atoms with E-state index in [0.717, 1.165) is 0 Å². The molecule has 0 atom stereocenters. The Morgan fingerprint density at radius 3 is 1.63 bits per heavy atom. The van der Waals surface area contributed by atoms with Gasteiger partial charge in [0.1, 0.15) is 0 Å². The van der Waals surface area contributed by atoms with Crippen LogP contribution in [-0.4, -0.2) is 9.13 Å². The summed E-state index contributed by atoms with van der Waals surface area (Å²) in [4.78, 5) is 0. The van der Waals surface area contributed by atoms with E-state index in [1.54, 1.807) is 0 Å². The summed E-state index contributed by atoms with van der Waals surface area (Å²) in [7, 11) is 0. The van der Waals surface area contributed by atoms with E-state index in [1.165, 1.54) is 64.4 Å². The van der Waals surface area contributed by atoms with E-state index >= 15 is 0 Å². The van der Waals surface area contributed by atoms with Crippen LogP contribution in [0.3, 0.4) is 0 Å². The van der Waals surface area contributed by atoms with Gasteiger partial charge in [0.25, 0.3) is 0 Å². The first-order valence-electron chi connectivity index (χ1n) is 11.9. The largest absolute Gasteiger partial charge is 0.309 e. The predicted molar refractivity (Wildman–Crippen MR) is 151 cm³/mol. The first kappa shape index (κ1) is 19.0. The molecule has 8 rings (SSSR count). The fourth-order valence-electron chi connectivity index (χ4n) is 5.66. The lowest BCUT2D eigenvalue weighted by atomic mass is 10.2. The maximum absolute atomic E-state index is 2.45. The number of para-hydroxylation sites is 3. The summed E-state index contributed by atoms with van der Waals surface area (Å²) < 4.78 is 7.52. The van der Waals surface area contributed by atoms with Crippen LogP contribution in [-0.2, 0) is 0 Å². The van der Waals surface area contributed by atoms with Gasteiger partial charge < -0.3 is 9.13 Å². The highest BCUT2D eigenvalue weighted by atomic mass is 32.1. The summed E-state index contributed by atoms with van der Waals surface area (Å²) in [5.41, 5.74) is 7.36. The van der Waals surface area contributed by atoms with E-state index in [1.807, 2.05) is 11.3 Å². The summed E-state index contributed by atoms with van der Waals surface area (Å²) in [5.74, 6) is 0. The molecule has 0 fully saturated rings. The number of thiophene rings is 1. The lowest BCUT2D eigenvalue weighted by molar-refractivity contribution is 1.14. The van der Waals surface area contributed by atoms with Crippen LogP contribution >= 0.6 is 11.3 Å². The Balaban J connectivity index is 1.47. The Kier molecular flexibility index (Phi) is 3.85. The van der Waals surface area contributed by atoms with Crippen molar-refractivity contribution >= 4 is 64.3 Å². The van der Waals surface area contributed by atoms with E-state index in [0.29, 0.717) is 0 Å². The van der Waals surface area contributed by atoms with Crippen LogP contribution in [0.25, 0.3) is 64.4 Å². The molecule has 35 heavy (non-hydrogen) atoms. The van der Waals surface area contributed by atoms with Crippen molar-refractivity contribution in [1.82, 2.24) is 9.13 Å². The Labute approximate surface area is 205 Å². The van der Waals surface area contributed by atoms with E-state index in [4.69, 9.17) is 0 Å². The molecular weight excluding hydrogens is 444 g/mol. The molecule has 2 nitrogen and oxygen atoms in total. The van der Waals surface area contributed by atoms with E-state index in [9.17, 15) is 0 Å². The second-order valence-corrected chi connectivity index (χ2v) is 10.1. The molecule has 0 saturated heterocycles. The highest BCUT2D eigenvalue weighted by molar-refractivity contribution is 7.26. The van der Waals surface area contributed by atoms with Crippen molar-refractivity contribution in [2.45, 2.75) is 0 Å². The standard InChI is InChI=1S/C32H20N2S/c1-5-16-27-23(12-1)24-13-2-6-17-28(24)33(27)21-10-9-11-22(20-21)34-29-18-7-3-14-25(29)32-31(34)26-15-4-8-19-30(26)35-32/h1-20H. The van der Waals surface area contributed by atoms with Gasteiger partial charge in [0.15, 0.2) is 0 Å². The summed E-state index contributed by atoms with van der Waals surface area (Å²) in [6.07, 6.45) is 0. The van der Waals surface area contributed by atoms with Crippen molar-refractivity contribution in [2.75, 3.05) is 0 Å². The number of fused-ring (bicyclic) bond motifs is 8. The number of nitrogens with zero attached hydrogens (tertiary/aromatic N) is 2. The Hall–Kier alpha value is -4.34. The highest BCUT2D eigenvalue weighted by Gasteiger charge is 2.18. The molecule has 0 amide bonds. The molecule has 3 aromatic heterocycles. The Morgan fingerprint density at radius 2 is 0.943 bits per heavy atom. The Morgan fingerprint density at radius 1 is 0.429 bits per heavy atom. The van der Waals surface area contributed by atoms with Gasteiger partial charge in [-0.1, -0.05) is 78.9 Å². The van der Waals surface area contributed by atoms with Crippen LogP contribution in [0, 0.1) is 0 Å². The molecule has 0 spiro atoms. The first-order chi connectivity index (χ1) is 17.4. The number of hydrogen-bond donors (Lipinski definition) is 0. The molecule has 0 aliphatic rings. The average molecular weight is 465 g/mol. The molecule has 0 aliphatic carbocycles. The summed E-state index contributed by atoms with van der Waals surface area (Å²) in [6.45, 7) is 0. The molecule has 3 heterocycles. The molecule has 8 aromatic rings. The lowest BCUT2D eigenvalue weighted by Gasteiger charge is -2.12. The maximum Gasteiger partial charge on any atom is 0.0727 e. The van der Waals surface area contributed by atoms with Gasteiger partial charge in [-0.2, -0.15) is 0 Å². The van der Waals surface area contributed by atoms with Crippen molar-refractivity contribution in [3.05, 3.63) is 121 Å². The summed E-state index contributed by atoms with van der Waals surface area (Å²) in [6, 6.07) is 43.9. The quantitative estimate of drug-likeness (QED) is 0.241. The van der Waals surface area contributed by atoms with Crippen molar-refractivity contribution in [3.8, 4) is 11.4 Å². The third-order valence-electron chi connectivity index (χ3n) is 7.11. The molecule has 0 N–H and O–H groups in total. The normalized spacial score (nSPS) is 12.0. The predicted octanol–water partition coefficient (Wildman–Crippen LogP) is 9.10. The van der Waals surface area contributed by atoms with Crippen LogP contribution in [0.15, 0.2) is 121 Å². The van der Waals surface area contributed by atoms with Gasteiger partial charge in [0, 0.05) is 37.6 Å². The maximum atomic E-state index is 2.45. The van der Waals surface area contributed by atoms with Gasteiger partial charge in [-0.25, -0.2) is 0 Å². The van der Waals surface area contributed by atoms with Gasteiger partial charge in [0.2, 0.25) is 0 Å². The van der Waals surface area contributed by atoms with Crippen LogP contribution in [0.4, 0.5) is 0 Å². The van der Waals surface area contributed by atoms with E-state index in [-0.39, 0.29) is 0 Å².